The zero-order valence-corrected chi connectivity index (χ0v) is 10.7. The Balaban J connectivity index is 2.13. The highest BCUT2D eigenvalue weighted by Crippen LogP contribution is 2.34. The largest absolute Gasteiger partial charge is 0.329 e. The normalized spacial score (nSPS) is 32.9. The van der Waals surface area contributed by atoms with Crippen LogP contribution in [0.2, 0.25) is 0 Å². The molecule has 2 fully saturated rings. The van der Waals surface area contributed by atoms with E-state index in [1.807, 2.05) is 6.92 Å². The number of sulfonamides is 1. The van der Waals surface area contributed by atoms with Crippen molar-refractivity contribution in [1.82, 2.24) is 4.31 Å². The van der Waals surface area contributed by atoms with Crippen molar-refractivity contribution in [2.24, 2.45) is 11.7 Å². The Kier molecular flexibility index (Phi) is 3.56. The SMILES string of the molecule is CC1CCCC(CN)N1S(=O)(=O)CC1CC1. The number of nitrogens with zero attached hydrogens (tertiary/aromatic N) is 1. The Bertz CT molecular complexity index is 338. The predicted molar refractivity (Wildman–Crippen MR) is 64.5 cm³/mol. The molecule has 4 nitrogen and oxygen atoms in total. The van der Waals surface area contributed by atoms with Crippen LogP contribution in [0.3, 0.4) is 0 Å². The molecular weight excluding hydrogens is 224 g/mol. The summed E-state index contributed by atoms with van der Waals surface area (Å²) >= 11 is 0. The van der Waals surface area contributed by atoms with E-state index in [2.05, 4.69) is 0 Å². The topological polar surface area (TPSA) is 63.4 Å². The van der Waals surface area contributed by atoms with Crippen molar-refractivity contribution in [1.29, 1.82) is 0 Å². The Labute approximate surface area is 98.2 Å². The monoisotopic (exact) mass is 246 g/mol. The Morgan fingerprint density at radius 2 is 1.94 bits per heavy atom. The lowest BCUT2D eigenvalue weighted by Gasteiger charge is -2.39. The summed E-state index contributed by atoms with van der Waals surface area (Å²) in [5.74, 6) is 0.756. The molecule has 2 aliphatic rings. The van der Waals surface area contributed by atoms with E-state index in [1.165, 1.54) is 0 Å². The predicted octanol–water partition coefficient (Wildman–Crippen LogP) is 0.928. The molecule has 0 bridgehead atoms. The third-order valence-corrected chi connectivity index (χ3v) is 5.88. The van der Waals surface area contributed by atoms with E-state index >= 15 is 0 Å². The van der Waals surface area contributed by atoms with Crippen LogP contribution in [0.5, 0.6) is 0 Å². The molecule has 0 aromatic carbocycles. The quantitative estimate of drug-likeness (QED) is 0.802. The van der Waals surface area contributed by atoms with Crippen LogP contribution in [0, 0.1) is 5.92 Å². The lowest BCUT2D eigenvalue weighted by molar-refractivity contribution is 0.195. The van der Waals surface area contributed by atoms with Crippen LogP contribution in [-0.2, 0) is 10.0 Å². The molecule has 0 aromatic heterocycles. The molecule has 0 aromatic rings. The van der Waals surface area contributed by atoms with Gasteiger partial charge in [-0.2, -0.15) is 4.31 Å². The first-order valence-corrected chi connectivity index (χ1v) is 7.87. The summed E-state index contributed by atoms with van der Waals surface area (Å²) in [6.45, 7) is 2.46. The first kappa shape index (κ1) is 12.3. The first-order chi connectivity index (χ1) is 7.54. The van der Waals surface area contributed by atoms with Gasteiger partial charge in [0.1, 0.15) is 0 Å². The van der Waals surface area contributed by atoms with Gasteiger partial charge in [0.15, 0.2) is 0 Å². The third kappa shape index (κ3) is 2.57. The van der Waals surface area contributed by atoms with Crippen LogP contribution in [-0.4, -0.2) is 37.1 Å². The van der Waals surface area contributed by atoms with Crippen molar-refractivity contribution in [3.63, 3.8) is 0 Å². The molecule has 5 heteroatoms. The second kappa shape index (κ2) is 4.63. The number of hydrogen-bond donors (Lipinski definition) is 1. The minimum atomic E-state index is -3.08. The van der Waals surface area contributed by atoms with E-state index in [1.54, 1.807) is 4.31 Å². The zero-order valence-electron chi connectivity index (χ0n) is 9.93. The number of nitrogens with two attached hydrogens (primary N) is 1. The molecule has 1 heterocycles. The third-order valence-electron chi connectivity index (χ3n) is 3.69. The minimum absolute atomic E-state index is 0.0347. The number of hydrogen-bond acceptors (Lipinski definition) is 3. The van der Waals surface area contributed by atoms with Crippen LogP contribution in [0.15, 0.2) is 0 Å². The highest BCUT2D eigenvalue weighted by atomic mass is 32.2. The Morgan fingerprint density at radius 3 is 2.50 bits per heavy atom. The van der Waals surface area contributed by atoms with E-state index in [0.29, 0.717) is 18.2 Å². The number of rotatable bonds is 4. The maximum Gasteiger partial charge on any atom is 0.214 e. The van der Waals surface area contributed by atoms with Crippen LogP contribution in [0.1, 0.15) is 39.0 Å². The molecule has 1 aliphatic carbocycles. The average molecular weight is 246 g/mol. The van der Waals surface area contributed by atoms with Crippen LogP contribution < -0.4 is 5.73 Å². The molecule has 16 heavy (non-hydrogen) atoms. The average Bonchev–Trinajstić information content (AvgIpc) is 3.00. The molecule has 2 unspecified atom stereocenters. The molecule has 0 amide bonds. The summed E-state index contributed by atoms with van der Waals surface area (Å²) in [5.41, 5.74) is 5.69. The molecular formula is C11H22N2O2S. The van der Waals surface area contributed by atoms with Gasteiger partial charge < -0.3 is 5.73 Å². The molecule has 2 atom stereocenters. The lowest BCUT2D eigenvalue weighted by Crippen LogP contribution is -2.52. The fourth-order valence-corrected chi connectivity index (χ4v) is 5.06. The van der Waals surface area contributed by atoms with Gasteiger partial charge in [-0.15, -0.1) is 0 Å². The van der Waals surface area contributed by atoms with Gasteiger partial charge in [-0.3, -0.25) is 0 Å². The van der Waals surface area contributed by atoms with Gasteiger partial charge in [-0.1, -0.05) is 6.42 Å². The fourth-order valence-electron chi connectivity index (χ4n) is 2.65. The smallest absolute Gasteiger partial charge is 0.214 e. The standard InChI is InChI=1S/C11H22N2O2S/c1-9-3-2-4-11(7-12)13(9)16(14,15)8-10-5-6-10/h9-11H,2-8,12H2,1H3. The van der Waals surface area contributed by atoms with Gasteiger partial charge in [0.2, 0.25) is 10.0 Å². The summed E-state index contributed by atoms with van der Waals surface area (Å²) in [6.07, 6.45) is 5.15. The van der Waals surface area contributed by atoms with Crippen molar-refractivity contribution in [3.8, 4) is 0 Å². The van der Waals surface area contributed by atoms with Gasteiger partial charge >= 0.3 is 0 Å². The first-order valence-electron chi connectivity index (χ1n) is 6.26. The summed E-state index contributed by atoms with van der Waals surface area (Å²) in [4.78, 5) is 0. The van der Waals surface area contributed by atoms with Crippen molar-refractivity contribution >= 4 is 10.0 Å². The summed E-state index contributed by atoms with van der Waals surface area (Å²) in [7, 11) is -3.08. The van der Waals surface area contributed by atoms with E-state index in [4.69, 9.17) is 5.73 Å². The maximum absolute atomic E-state index is 12.3. The molecule has 0 spiro atoms. The summed E-state index contributed by atoms with van der Waals surface area (Å²) in [5, 5.41) is 0. The van der Waals surface area contributed by atoms with Gasteiger partial charge in [0.05, 0.1) is 5.75 Å². The van der Waals surface area contributed by atoms with Crippen molar-refractivity contribution in [3.05, 3.63) is 0 Å². The van der Waals surface area contributed by atoms with Crippen LogP contribution in [0.4, 0.5) is 0 Å². The van der Waals surface area contributed by atoms with E-state index < -0.39 is 10.0 Å². The lowest BCUT2D eigenvalue weighted by atomic mass is 10.00. The molecule has 1 saturated carbocycles. The number of piperidine rings is 1. The molecule has 1 saturated heterocycles. The van der Waals surface area contributed by atoms with Crippen molar-refractivity contribution in [2.75, 3.05) is 12.3 Å². The maximum atomic E-state index is 12.3. The molecule has 2 N–H and O–H groups in total. The fraction of sp³-hybridized carbons (Fsp3) is 1.00. The van der Waals surface area contributed by atoms with Crippen LogP contribution in [0.25, 0.3) is 0 Å². The van der Waals surface area contributed by atoms with Gasteiger partial charge in [0.25, 0.3) is 0 Å². The van der Waals surface area contributed by atoms with Gasteiger partial charge in [-0.25, -0.2) is 8.42 Å². The molecule has 0 radical (unpaired) electrons. The van der Waals surface area contributed by atoms with E-state index in [-0.39, 0.29) is 12.1 Å². The molecule has 1 aliphatic heterocycles. The second-order valence-electron chi connectivity index (χ2n) is 5.22. The highest BCUT2D eigenvalue weighted by molar-refractivity contribution is 7.89. The molecule has 2 rings (SSSR count). The minimum Gasteiger partial charge on any atom is -0.329 e. The van der Waals surface area contributed by atoms with Crippen molar-refractivity contribution in [2.45, 2.75) is 51.1 Å². The molecule has 94 valence electrons. The Hall–Kier alpha value is -0.130. The second-order valence-corrected chi connectivity index (χ2v) is 7.14. The summed E-state index contributed by atoms with van der Waals surface area (Å²) < 4.78 is 26.3. The van der Waals surface area contributed by atoms with E-state index in [9.17, 15) is 8.42 Å². The van der Waals surface area contributed by atoms with E-state index in [0.717, 1.165) is 32.1 Å². The van der Waals surface area contributed by atoms with Crippen molar-refractivity contribution < 1.29 is 8.42 Å². The van der Waals surface area contributed by atoms with Gasteiger partial charge in [0, 0.05) is 18.6 Å². The Morgan fingerprint density at radius 1 is 1.25 bits per heavy atom. The zero-order chi connectivity index (χ0) is 11.8. The van der Waals surface area contributed by atoms with Crippen LogP contribution >= 0.6 is 0 Å². The highest BCUT2D eigenvalue weighted by Gasteiger charge is 2.39. The van der Waals surface area contributed by atoms with Gasteiger partial charge in [-0.05, 0) is 38.5 Å². The summed E-state index contributed by atoms with van der Waals surface area (Å²) in [6, 6.07) is 0.165.